The minimum absolute atomic E-state index is 0.111. The first-order valence-corrected chi connectivity index (χ1v) is 15.4. The van der Waals surface area contributed by atoms with Crippen LogP contribution in [-0.2, 0) is 5.16 Å². The van der Waals surface area contributed by atoms with Crippen LogP contribution in [0.4, 0.5) is 0 Å². The van der Waals surface area contributed by atoms with Crippen LogP contribution in [-0.4, -0.2) is 26.9 Å². The van der Waals surface area contributed by atoms with E-state index < -0.39 is 9.52 Å². The Kier molecular flexibility index (Phi) is 10.7. The van der Waals surface area contributed by atoms with Gasteiger partial charge in [0.15, 0.2) is 0 Å². The first-order chi connectivity index (χ1) is 19.7. The summed E-state index contributed by atoms with van der Waals surface area (Å²) in [6, 6.07) is 42.2. The molecular weight excluding hydrogens is 499 g/mol. The smallest absolute Gasteiger partial charge is 0.103 e. The molecule has 2 radical (unpaired) electrons. The molecule has 198 valence electrons. The minimum Gasteiger partial charge on any atom is -0.327 e. The summed E-state index contributed by atoms with van der Waals surface area (Å²) < 4.78 is 2.33. The molecule has 0 aliphatic heterocycles. The fourth-order valence-electron chi connectivity index (χ4n) is 5.27. The lowest BCUT2D eigenvalue weighted by molar-refractivity contribution is 0.582. The van der Waals surface area contributed by atoms with E-state index in [9.17, 15) is 0 Å². The molecule has 0 aliphatic carbocycles. The highest BCUT2D eigenvalue weighted by Crippen LogP contribution is 2.36. The van der Waals surface area contributed by atoms with E-state index >= 15 is 0 Å². The van der Waals surface area contributed by atoms with Gasteiger partial charge in [0.25, 0.3) is 0 Å². The van der Waals surface area contributed by atoms with E-state index in [0.29, 0.717) is 5.54 Å². The molecule has 0 N–H and O–H groups in total. The van der Waals surface area contributed by atoms with Crippen LogP contribution in [0.1, 0.15) is 42.5 Å². The average molecular weight is 537 g/mol. The molecule has 4 aromatic carbocycles. The van der Waals surface area contributed by atoms with Crippen LogP contribution in [0, 0.1) is 0 Å². The van der Waals surface area contributed by atoms with Gasteiger partial charge in [-0.1, -0.05) is 140 Å². The first kappa shape index (κ1) is 28.8. The number of hydrogen-bond acceptors (Lipinski definition) is 1. The van der Waals surface area contributed by atoms with Crippen molar-refractivity contribution in [2.45, 2.75) is 31.0 Å². The van der Waals surface area contributed by atoms with E-state index in [1.807, 2.05) is 48.9 Å². The van der Waals surface area contributed by atoms with Gasteiger partial charge in [-0.3, -0.25) is 0 Å². The van der Waals surface area contributed by atoms with Gasteiger partial charge in [0.1, 0.15) is 7.85 Å². The Bertz CT molecular complexity index is 1370. The van der Waals surface area contributed by atoms with Crippen LogP contribution in [0.25, 0.3) is 5.57 Å². The Hall–Kier alpha value is -4.15. The van der Waals surface area contributed by atoms with Gasteiger partial charge in [0.05, 0.1) is 21.0 Å². The lowest BCUT2D eigenvalue weighted by atomic mass is 9.92. The van der Waals surface area contributed by atoms with Crippen molar-refractivity contribution in [3.05, 3.63) is 180 Å². The minimum atomic E-state index is -0.571. The zero-order valence-corrected chi connectivity index (χ0v) is 24.9. The number of nitrogens with zero attached hydrogens (tertiary/aromatic N) is 2. The van der Waals surface area contributed by atoms with E-state index in [1.54, 1.807) is 5.98 Å². The Labute approximate surface area is 243 Å². The highest BCUT2D eigenvalue weighted by molar-refractivity contribution is 6.43. The third-order valence-corrected chi connectivity index (χ3v) is 10.0. The number of imidazole rings is 1. The Morgan fingerprint density at radius 1 is 0.800 bits per heavy atom. The predicted molar refractivity (Wildman–Crippen MR) is 174 cm³/mol. The molecule has 40 heavy (non-hydrogen) atoms. The van der Waals surface area contributed by atoms with Gasteiger partial charge in [0.2, 0.25) is 0 Å². The molecule has 1 aromatic heterocycles. The largest absolute Gasteiger partial charge is 0.327 e. The first-order valence-electron chi connectivity index (χ1n) is 13.9. The summed E-state index contributed by atoms with van der Waals surface area (Å²) in [6.45, 7) is 4.50. The summed E-state index contributed by atoms with van der Waals surface area (Å²) in [5, 5.41) is -0.111. The van der Waals surface area contributed by atoms with Crippen molar-refractivity contribution in [3.63, 3.8) is 0 Å². The number of rotatable bonds is 9. The molecular formula is C36H37BN2Si. The lowest BCUT2D eigenvalue weighted by Gasteiger charge is -2.38. The fourth-order valence-corrected chi connectivity index (χ4v) is 7.98. The summed E-state index contributed by atoms with van der Waals surface area (Å²) in [4.78, 5) is 4.38. The zero-order chi connectivity index (χ0) is 28.0. The molecule has 4 heteroatoms. The van der Waals surface area contributed by atoms with E-state index in [2.05, 4.69) is 127 Å². The second-order valence-electron chi connectivity index (χ2n) is 9.99. The summed E-state index contributed by atoms with van der Waals surface area (Å²) in [5.74, 6) is 1.66. The van der Waals surface area contributed by atoms with Gasteiger partial charge in [-0.2, -0.15) is 0 Å². The molecule has 0 saturated heterocycles. The molecule has 0 fully saturated rings. The van der Waals surface area contributed by atoms with E-state index in [1.165, 1.54) is 11.1 Å². The summed E-state index contributed by atoms with van der Waals surface area (Å²) in [6.07, 6.45) is 11.6. The van der Waals surface area contributed by atoms with Crippen LogP contribution >= 0.6 is 0 Å². The molecule has 0 saturated carbocycles. The Morgan fingerprint density at radius 2 is 1.27 bits per heavy atom. The van der Waals surface area contributed by atoms with E-state index in [0.717, 1.165) is 23.1 Å². The molecule has 0 aliphatic rings. The highest BCUT2D eigenvalue weighted by atomic mass is 28.2. The van der Waals surface area contributed by atoms with Crippen LogP contribution in [0.15, 0.2) is 158 Å². The van der Waals surface area contributed by atoms with Gasteiger partial charge in [-0.05, 0) is 46.7 Å². The molecule has 5 aromatic rings. The van der Waals surface area contributed by atoms with Gasteiger partial charge in [-0.15, -0.1) is 5.98 Å². The monoisotopic (exact) mass is 536 g/mol. The number of allylic oxidation sites excluding steroid dienone is 2. The van der Waals surface area contributed by atoms with Crippen LogP contribution in [0.2, 0.25) is 5.54 Å². The van der Waals surface area contributed by atoms with Crippen LogP contribution < -0.4 is 0 Å². The molecule has 1 atom stereocenters. The average Bonchev–Trinajstić information content (AvgIpc) is 3.57. The second kappa shape index (κ2) is 14.9. The maximum Gasteiger partial charge on any atom is 0.103 e. The van der Waals surface area contributed by atoms with Gasteiger partial charge >= 0.3 is 0 Å². The molecule has 5 rings (SSSR count). The normalized spacial score (nSPS) is 12.2. The summed E-state index contributed by atoms with van der Waals surface area (Å²) in [5.41, 5.74) is 6.75. The molecule has 1 heterocycles. The SMILES string of the molecule is CC=CCC(C)[SiH2]C(c1ccccc1)(c1ccccc1)n1ccnc1.[B]C=C(c1ccccc1)c1ccccc1. The maximum absolute atomic E-state index is 5.67. The lowest BCUT2D eigenvalue weighted by Crippen LogP contribution is -2.43. The van der Waals surface area contributed by atoms with Crippen molar-refractivity contribution in [2.24, 2.45) is 0 Å². The topological polar surface area (TPSA) is 17.8 Å². The van der Waals surface area contributed by atoms with Gasteiger partial charge in [-0.25, -0.2) is 4.98 Å². The number of benzene rings is 4. The van der Waals surface area contributed by atoms with Crippen molar-refractivity contribution in [1.82, 2.24) is 9.55 Å². The van der Waals surface area contributed by atoms with Crippen molar-refractivity contribution in [3.8, 4) is 0 Å². The fraction of sp³-hybridized carbons (Fsp3) is 0.139. The Morgan fingerprint density at radius 3 is 1.68 bits per heavy atom. The molecule has 0 bridgehead atoms. The van der Waals surface area contributed by atoms with Crippen molar-refractivity contribution in [2.75, 3.05) is 0 Å². The van der Waals surface area contributed by atoms with Crippen LogP contribution in [0.3, 0.4) is 0 Å². The summed E-state index contributed by atoms with van der Waals surface area (Å²) in [7, 11) is 5.10. The van der Waals surface area contributed by atoms with E-state index in [4.69, 9.17) is 7.85 Å². The third kappa shape index (κ3) is 7.08. The Balaban J connectivity index is 0.000000210. The third-order valence-electron chi connectivity index (χ3n) is 7.20. The van der Waals surface area contributed by atoms with E-state index in [-0.39, 0.29) is 5.16 Å². The molecule has 1 unspecified atom stereocenters. The van der Waals surface area contributed by atoms with Crippen LogP contribution in [0.5, 0.6) is 0 Å². The highest BCUT2D eigenvalue weighted by Gasteiger charge is 2.37. The second-order valence-corrected chi connectivity index (χ2v) is 12.8. The zero-order valence-electron chi connectivity index (χ0n) is 23.5. The molecule has 0 amide bonds. The molecule has 0 spiro atoms. The molecule has 2 nitrogen and oxygen atoms in total. The van der Waals surface area contributed by atoms with Gasteiger partial charge < -0.3 is 4.57 Å². The summed E-state index contributed by atoms with van der Waals surface area (Å²) >= 11 is 0. The maximum atomic E-state index is 5.67. The van der Waals surface area contributed by atoms with Crippen molar-refractivity contribution >= 4 is 22.9 Å². The van der Waals surface area contributed by atoms with Crippen molar-refractivity contribution < 1.29 is 0 Å². The number of hydrogen-bond donors (Lipinski definition) is 0. The quantitative estimate of drug-likeness (QED) is 0.139. The van der Waals surface area contributed by atoms with Gasteiger partial charge in [0, 0.05) is 12.4 Å². The van der Waals surface area contributed by atoms with Crippen molar-refractivity contribution in [1.29, 1.82) is 0 Å². The standard InChI is InChI=1S/C22H26N2Si.C14H11B/c1-3-4-11-19(2)25-22(24-17-16-23-18-24,20-12-7-5-8-13-20)21-14-9-6-10-15-21;15-11-14(12-7-3-1-4-8-12)13-9-5-2-6-10-13/h3-10,12-19H,11,25H2,1-2H3;1-11H. The predicted octanol–water partition coefficient (Wildman–Crippen LogP) is 7.82. The number of aromatic nitrogens is 2.